The van der Waals surface area contributed by atoms with Crippen LogP contribution in [0.15, 0.2) is 29.1 Å². The zero-order valence-electron chi connectivity index (χ0n) is 10.9. The standard InChI is InChI=1S/C14H12N2O2S2/c1-7-5-9(17)3-4-11(7)16-13(18)10-6-8(2)20-12(10)15-14(16)19/h3-6,17H,1-2H3,(H,15,19). The minimum absolute atomic E-state index is 0.137. The summed E-state index contributed by atoms with van der Waals surface area (Å²) in [5, 5.41) is 10.1. The number of rotatable bonds is 1. The van der Waals surface area contributed by atoms with Gasteiger partial charge in [-0.1, -0.05) is 0 Å². The molecule has 0 saturated carbocycles. The van der Waals surface area contributed by atoms with Crippen LogP contribution >= 0.6 is 23.6 Å². The van der Waals surface area contributed by atoms with Crippen LogP contribution in [0.2, 0.25) is 0 Å². The summed E-state index contributed by atoms with van der Waals surface area (Å²) in [5.74, 6) is 0.168. The number of nitrogens with one attached hydrogen (secondary N) is 1. The van der Waals surface area contributed by atoms with Gasteiger partial charge in [0.2, 0.25) is 0 Å². The van der Waals surface area contributed by atoms with Crippen molar-refractivity contribution in [1.82, 2.24) is 9.55 Å². The lowest BCUT2D eigenvalue weighted by Gasteiger charge is -2.09. The number of phenolic OH excluding ortho intramolecular Hbond substituents is 1. The number of aryl methyl sites for hydroxylation is 2. The molecule has 0 atom stereocenters. The number of aromatic nitrogens is 2. The van der Waals surface area contributed by atoms with Crippen molar-refractivity contribution >= 4 is 33.8 Å². The van der Waals surface area contributed by atoms with E-state index in [1.54, 1.807) is 18.2 Å². The van der Waals surface area contributed by atoms with E-state index in [1.165, 1.54) is 15.9 Å². The number of aromatic amines is 1. The first-order valence-electron chi connectivity index (χ1n) is 6.03. The van der Waals surface area contributed by atoms with Crippen LogP contribution in [-0.4, -0.2) is 14.7 Å². The van der Waals surface area contributed by atoms with Crippen LogP contribution in [0.25, 0.3) is 15.9 Å². The number of fused-ring (bicyclic) bond motifs is 1. The van der Waals surface area contributed by atoms with Gasteiger partial charge in [-0.25, -0.2) is 0 Å². The Morgan fingerprint density at radius 2 is 2.05 bits per heavy atom. The lowest BCUT2D eigenvalue weighted by molar-refractivity contribution is 0.474. The molecular formula is C14H12N2O2S2. The van der Waals surface area contributed by atoms with Crippen molar-refractivity contribution in [2.24, 2.45) is 0 Å². The van der Waals surface area contributed by atoms with E-state index in [4.69, 9.17) is 12.2 Å². The third kappa shape index (κ3) is 1.97. The maximum atomic E-state index is 12.6. The molecule has 0 aliphatic carbocycles. The zero-order valence-corrected chi connectivity index (χ0v) is 12.6. The summed E-state index contributed by atoms with van der Waals surface area (Å²) in [4.78, 5) is 17.6. The fourth-order valence-corrected chi connectivity index (χ4v) is 3.49. The molecule has 4 nitrogen and oxygen atoms in total. The molecule has 6 heteroatoms. The molecule has 2 N–H and O–H groups in total. The molecule has 0 fully saturated rings. The Balaban J connectivity index is 2.42. The number of phenols is 1. The number of hydrogen-bond acceptors (Lipinski definition) is 4. The van der Waals surface area contributed by atoms with Crippen LogP contribution in [0.1, 0.15) is 10.4 Å². The third-order valence-corrected chi connectivity index (χ3v) is 4.38. The highest BCUT2D eigenvalue weighted by molar-refractivity contribution is 7.71. The molecule has 1 aromatic carbocycles. The lowest BCUT2D eigenvalue weighted by Crippen LogP contribution is -2.20. The van der Waals surface area contributed by atoms with Crippen LogP contribution in [0, 0.1) is 18.6 Å². The van der Waals surface area contributed by atoms with Crippen molar-refractivity contribution in [2.75, 3.05) is 0 Å². The van der Waals surface area contributed by atoms with Crippen molar-refractivity contribution in [3.8, 4) is 11.4 Å². The summed E-state index contributed by atoms with van der Waals surface area (Å²) in [7, 11) is 0. The smallest absolute Gasteiger partial charge is 0.267 e. The highest BCUT2D eigenvalue weighted by atomic mass is 32.1. The molecule has 0 aliphatic heterocycles. The van der Waals surface area contributed by atoms with Gasteiger partial charge in [0, 0.05) is 4.88 Å². The average molecular weight is 304 g/mol. The molecule has 2 heterocycles. The predicted molar refractivity (Wildman–Crippen MR) is 83.7 cm³/mol. The summed E-state index contributed by atoms with van der Waals surface area (Å²) in [6, 6.07) is 6.72. The minimum Gasteiger partial charge on any atom is -0.508 e. The van der Waals surface area contributed by atoms with Crippen LogP contribution in [0.3, 0.4) is 0 Å². The number of thiophene rings is 1. The van der Waals surface area contributed by atoms with Gasteiger partial charge in [0.15, 0.2) is 4.77 Å². The Morgan fingerprint density at radius 3 is 2.75 bits per heavy atom. The van der Waals surface area contributed by atoms with E-state index in [2.05, 4.69) is 4.98 Å². The Bertz CT molecular complexity index is 934. The van der Waals surface area contributed by atoms with Crippen molar-refractivity contribution in [2.45, 2.75) is 13.8 Å². The Hall–Kier alpha value is -1.92. The van der Waals surface area contributed by atoms with Crippen LogP contribution in [-0.2, 0) is 0 Å². The molecule has 20 heavy (non-hydrogen) atoms. The second kappa shape index (κ2) is 4.57. The number of nitrogens with zero attached hydrogens (tertiary/aromatic N) is 1. The molecule has 3 rings (SSSR count). The number of aromatic hydroxyl groups is 1. The maximum absolute atomic E-state index is 12.6. The van der Waals surface area contributed by atoms with Crippen molar-refractivity contribution in [3.63, 3.8) is 0 Å². The third-order valence-electron chi connectivity index (χ3n) is 3.13. The van der Waals surface area contributed by atoms with Crippen molar-refractivity contribution < 1.29 is 5.11 Å². The number of benzene rings is 1. The quantitative estimate of drug-likeness (QED) is 0.677. The van der Waals surface area contributed by atoms with Gasteiger partial charge in [-0.15, -0.1) is 11.3 Å². The summed E-state index contributed by atoms with van der Waals surface area (Å²) in [6.45, 7) is 3.79. The Labute approximate surface area is 124 Å². The van der Waals surface area contributed by atoms with Crippen molar-refractivity contribution in [1.29, 1.82) is 0 Å². The Morgan fingerprint density at radius 1 is 1.30 bits per heavy atom. The lowest BCUT2D eigenvalue weighted by atomic mass is 10.2. The molecule has 0 amide bonds. The molecule has 0 unspecified atom stereocenters. The van der Waals surface area contributed by atoms with Gasteiger partial charge in [0.1, 0.15) is 10.6 Å². The predicted octanol–water partition coefficient (Wildman–Crippen LogP) is 3.43. The van der Waals surface area contributed by atoms with Gasteiger partial charge in [-0.3, -0.25) is 9.36 Å². The van der Waals surface area contributed by atoms with Crippen molar-refractivity contribution in [3.05, 3.63) is 49.8 Å². The molecule has 0 saturated heterocycles. The molecule has 0 spiro atoms. The topological polar surface area (TPSA) is 58.0 Å². The zero-order chi connectivity index (χ0) is 14.4. The highest BCUT2D eigenvalue weighted by Crippen LogP contribution is 2.23. The molecular weight excluding hydrogens is 292 g/mol. The average Bonchev–Trinajstić information content (AvgIpc) is 2.72. The molecule has 0 aliphatic rings. The number of H-pyrrole nitrogens is 1. The van der Waals surface area contributed by atoms with Gasteiger partial charge in [0.25, 0.3) is 5.56 Å². The van der Waals surface area contributed by atoms with Gasteiger partial charge < -0.3 is 10.1 Å². The first kappa shape index (κ1) is 13.1. The fourth-order valence-electron chi connectivity index (χ4n) is 2.24. The van der Waals surface area contributed by atoms with Crippen LogP contribution < -0.4 is 5.56 Å². The van der Waals surface area contributed by atoms with Gasteiger partial charge >= 0.3 is 0 Å². The Kier molecular flexibility index (Phi) is 2.99. The molecule has 3 aromatic rings. The SMILES string of the molecule is Cc1cc2c(=O)n(-c3ccc(O)cc3C)c(=S)[nH]c2s1. The maximum Gasteiger partial charge on any atom is 0.267 e. The van der Waals surface area contributed by atoms with Gasteiger partial charge in [0.05, 0.1) is 11.1 Å². The van der Waals surface area contributed by atoms with E-state index in [-0.39, 0.29) is 11.3 Å². The molecule has 102 valence electrons. The second-order valence-corrected chi connectivity index (χ2v) is 6.28. The molecule has 0 bridgehead atoms. The van der Waals surface area contributed by atoms with E-state index in [0.29, 0.717) is 15.8 Å². The molecule has 0 radical (unpaired) electrons. The molecule has 2 aromatic heterocycles. The van der Waals surface area contributed by atoms with Crippen LogP contribution in [0.5, 0.6) is 5.75 Å². The van der Waals surface area contributed by atoms with E-state index >= 15 is 0 Å². The van der Waals surface area contributed by atoms with Gasteiger partial charge in [-0.2, -0.15) is 0 Å². The summed E-state index contributed by atoms with van der Waals surface area (Å²) in [6.07, 6.45) is 0. The first-order chi connectivity index (χ1) is 9.47. The normalized spacial score (nSPS) is 11.1. The largest absolute Gasteiger partial charge is 0.508 e. The van der Waals surface area contributed by atoms with E-state index in [0.717, 1.165) is 15.3 Å². The summed E-state index contributed by atoms with van der Waals surface area (Å²) in [5.41, 5.74) is 1.33. The summed E-state index contributed by atoms with van der Waals surface area (Å²) >= 11 is 6.82. The van der Waals surface area contributed by atoms with Gasteiger partial charge in [-0.05, 0) is 55.9 Å². The highest BCUT2D eigenvalue weighted by Gasteiger charge is 2.11. The van der Waals surface area contributed by atoms with E-state index in [9.17, 15) is 9.90 Å². The first-order valence-corrected chi connectivity index (χ1v) is 7.25. The van der Waals surface area contributed by atoms with Crippen LogP contribution in [0.4, 0.5) is 0 Å². The summed E-state index contributed by atoms with van der Waals surface area (Å²) < 4.78 is 1.83. The van der Waals surface area contributed by atoms with E-state index in [1.807, 2.05) is 19.9 Å². The fraction of sp³-hybridized carbons (Fsp3) is 0.143. The minimum atomic E-state index is -0.137. The van der Waals surface area contributed by atoms with E-state index < -0.39 is 0 Å². The monoisotopic (exact) mass is 304 g/mol. The second-order valence-electron chi connectivity index (χ2n) is 4.64. The number of hydrogen-bond donors (Lipinski definition) is 2.